The Morgan fingerprint density at radius 3 is 2.61 bits per heavy atom. The van der Waals surface area contributed by atoms with Crippen LogP contribution in [0.2, 0.25) is 0 Å². The lowest BCUT2D eigenvalue weighted by molar-refractivity contribution is 0.148. The molecular weight excluding hydrogens is 395 g/mol. The highest BCUT2D eigenvalue weighted by Crippen LogP contribution is 2.33. The molecule has 1 atom stereocenters. The number of likely N-dealkylation sites (tertiary alicyclic amines) is 1. The number of hydrogen-bond donors (Lipinski definition) is 0. The molecule has 0 bridgehead atoms. The van der Waals surface area contributed by atoms with Crippen LogP contribution in [0.5, 0.6) is 5.88 Å². The topological polar surface area (TPSA) is 64.3 Å². The molecule has 2 aliphatic rings. The van der Waals surface area contributed by atoms with E-state index in [0.717, 1.165) is 49.9 Å². The van der Waals surface area contributed by atoms with Crippen LogP contribution in [0.15, 0.2) is 47.1 Å². The molecule has 0 N–H and O–H groups in total. The van der Waals surface area contributed by atoms with Crippen LogP contribution >= 0.6 is 0 Å². The average molecular weight is 423 g/mol. The van der Waals surface area contributed by atoms with E-state index in [0.29, 0.717) is 17.6 Å². The van der Waals surface area contributed by atoms with Crippen molar-refractivity contribution in [2.45, 2.75) is 63.6 Å². The third-order valence-corrected chi connectivity index (χ3v) is 6.22. The van der Waals surface area contributed by atoms with Gasteiger partial charge in [-0.3, -0.25) is 4.90 Å². The largest absolute Gasteiger partial charge is 0.474 e. The van der Waals surface area contributed by atoms with Gasteiger partial charge in [-0.2, -0.15) is 4.98 Å². The van der Waals surface area contributed by atoms with E-state index in [1.165, 1.54) is 31.4 Å². The molecule has 3 aromatic rings. The molecule has 1 saturated heterocycles. The van der Waals surface area contributed by atoms with Crippen LogP contribution in [0.25, 0.3) is 11.4 Å². The summed E-state index contributed by atoms with van der Waals surface area (Å²) in [5.74, 6) is 1.60. The molecular formula is C24H27FN4O2. The summed E-state index contributed by atoms with van der Waals surface area (Å²) >= 11 is 0. The lowest BCUT2D eigenvalue weighted by atomic mass is 9.98. The van der Waals surface area contributed by atoms with Gasteiger partial charge < -0.3 is 9.26 Å². The molecule has 1 aliphatic heterocycles. The fourth-order valence-corrected chi connectivity index (χ4v) is 4.54. The van der Waals surface area contributed by atoms with Crippen molar-refractivity contribution >= 4 is 0 Å². The minimum absolute atomic E-state index is 0.0770. The van der Waals surface area contributed by atoms with Crippen molar-refractivity contribution in [3.05, 3.63) is 59.9 Å². The minimum Gasteiger partial charge on any atom is -0.474 e. The summed E-state index contributed by atoms with van der Waals surface area (Å²) in [6.07, 6.45) is 10.0. The molecule has 31 heavy (non-hydrogen) atoms. The molecule has 1 aliphatic carbocycles. The third kappa shape index (κ3) is 4.77. The summed E-state index contributed by atoms with van der Waals surface area (Å²) in [5.41, 5.74) is 1.89. The number of aromatic nitrogens is 3. The van der Waals surface area contributed by atoms with Gasteiger partial charge in [0.2, 0.25) is 17.6 Å². The van der Waals surface area contributed by atoms with Gasteiger partial charge in [-0.1, -0.05) is 23.7 Å². The summed E-state index contributed by atoms with van der Waals surface area (Å²) in [6, 6.07) is 10.5. The molecule has 7 heteroatoms. The van der Waals surface area contributed by atoms with E-state index in [2.05, 4.69) is 20.0 Å². The summed E-state index contributed by atoms with van der Waals surface area (Å²) in [5, 5.41) is 4.19. The molecule has 0 spiro atoms. The second-order valence-corrected chi connectivity index (χ2v) is 8.47. The average Bonchev–Trinajstić information content (AvgIpc) is 3.46. The maximum atomic E-state index is 13.2. The van der Waals surface area contributed by atoms with Crippen LogP contribution in [-0.4, -0.2) is 32.7 Å². The molecule has 6 nitrogen and oxygen atoms in total. The van der Waals surface area contributed by atoms with Gasteiger partial charge in [0, 0.05) is 24.4 Å². The fraction of sp³-hybridized carbons (Fsp3) is 0.458. The molecule has 3 heterocycles. The lowest BCUT2D eigenvalue weighted by Crippen LogP contribution is -2.23. The van der Waals surface area contributed by atoms with Gasteiger partial charge in [0.25, 0.3) is 0 Å². The smallest absolute Gasteiger partial charge is 0.244 e. The number of rotatable bonds is 6. The van der Waals surface area contributed by atoms with Crippen molar-refractivity contribution in [2.24, 2.45) is 0 Å². The number of hydrogen-bond acceptors (Lipinski definition) is 6. The first-order valence-corrected chi connectivity index (χ1v) is 11.2. The number of halogens is 1. The summed E-state index contributed by atoms with van der Waals surface area (Å²) < 4.78 is 24.8. The van der Waals surface area contributed by atoms with Crippen LogP contribution in [0.3, 0.4) is 0 Å². The van der Waals surface area contributed by atoms with E-state index in [4.69, 9.17) is 9.26 Å². The van der Waals surface area contributed by atoms with Crippen molar-refractivity contribution in [3.63, 3.8) is 0 Å². The van der Waals surface area contributed by atoms with Crippen molar-refractivity contribution in [2.75, 3.05) is 6.54 Å². The first kappa shape index (κ1) is 20.1. The molecule has 162 valence electrons. The van der Waals surface area contributed by atoms with Crippen molar-refractivity contribution in [1.82, 2.24) is 20.0 Å². The van der Waals surface area contributed by atoms with Crippen LogP contribution < -0.4 is 4.74 Å². The van der Waals surface area contributed by atoms with E-state index in [-0.39, 0.29) is 18.0 Å². The van der Waals surface area contributed by atoms with Crippen molar-refractivity contribution in [3.8, 4) is 17.3 Å². The number of benzene rings is 1. The highest BCUT2D eigenvalue weighted by atomic mass is 19.1. The second kappa shape index (κ2) is 9.14. The lowest BCUT2D eigenvalue weighted by Gasteiger charge is -2.22. The Morgan fingerprint density at radius 2 is 1.84 bits per heavy atom. The van der Waals surface area contributed by atoms with E-state index >= 15 is 0 Å². The first-order valence-electron chi connectivity index (χ1n) is 11.2. The monoisotopic (exact) mass is 422 g/mol. The zero-order valence-corrected chi connectivity index (χ0v) is 17.5. The molecule has 5 rings (SSSR count). The maximum Gasteiger partial charge on any atom is 0.244 e. The van der Waals surface area contributed by atoms with E-state index in [1.54, 1.807) is 6.20 Å². The van der Waals surface area contributed by atoms with Gasteiger partial charge in [-0.25, -0.2) is 9.37 Å². The number of ether oxygens (including phenoxy) is 1. The maximum absolute atomic E-state index is 13.2. The van der Waals surface area contributed by atoms with Crippen LogP contribution in [-0.2, 0) is 6.54 Å². The van der Waals surface area contributed by atoms with Crippen LogP contribution in [0, 0.1) is 5.82 Å². The van der Waals surface area contributed by atoms with Gasteiger partial charge in [0.05, 0.1) is 6.04 Å². The van der Waals surface area contributed by atoms with Crippen molar-refractivity contribution < 1.29 is 13.7 Å². The first-order chi connectivity index (χ1) is 15.2. The highest BCUT2D eigenvalue weighted by molar-refractivity contribution is 5.53. The van der Waals surface area contributed by atoms with Gasteiger partial charge >= 0.3 is 0 Å². The normalized spacial score (nSPS) is 20.2. The Hall–Kier alpha value is -2.80. The Labute approximate surface area is 181 Å². The molecule has 2 fully saturated rings. The fourth-order valence-electron chi connectivity index (χ4n) is 4.54. The molecule has 0 radical (unpaired) electrons. The number of nitrogens with zero attached hydrogens (tertiary/aromatic N) is 4. The Kier molecular flexibility index (Phi) is 5.93. The van der Waals surface area contributed by atoms with Gasteiger partial charge in [-0.15, -0.1) is 0 Å². The second-order valence-electron chi connectivity index (χ2n) is 8.47. The molecule has 1 aromatic carbocycles. The SMILES string of the molecule is Fc1ccc(CN2CCCC2c2nc(-c3ccc(OC4CCCCC4)nc3)no2)cc1. The van der Waals surface area contributed by atoms with Crippen LogP contribution in [0.1, 0.15) is 62.4 Å². The molecule has 0 amide bonds. The summed E-state index contributed by atoms with van der Waals surface area (Å²) in [6.45, 7) is 1.69. The minimum atomic E-state index is -0.216. The molecule has 1 saturated carbocycles. The van der Waals surface area contributed by atoms with E-state index < -0.39 is 0 Å². The Morgan fingerprint density at radius 1 is 1.00 bits per heavy atom. The van der Waals surface area contributed by atoms with E-state index in [9.17, 15) is 4.39 Å². The van der Waals surface area contributed by atoms with Gasteiger partial charge in [-0.05, 0) is 68.8 Å². The summed E-state index contributed by atoms with van der Waals surface area (Å²) in [7, 11) is 0. The van der Waals surface area contributed by atoms with Crippen molar-refractivity contribution in [1.29, 1.82) is 0 Å². The van der Waals surface area contributed by atoms with Gasteiger partial charge in [0.15, 0.2) is 0 Å². The third-order valence-electron chi connectivity index (χ3n) is 6.22. The predicted octanol–water partition coefficient (Wildman–Crippen LogP) is 5.32. The predicted molar refractivity (Wildman–Crippen MR) is 114 cm³/mol. The zero-order chi connectivity index (χ0) is 21.0. The van der Waals surface area contributed by atoms with Gasteiger partial charge in [0.1, 0.15) is 11.9 Å². The Bertz CT molecular complexity index is 984. The standard InChI is InChI=1S/C24H27FN4O2/c25-19-11-8-17(9-12-19)16-29-14-4-7-21(29)24-27-23(28-31-24)18-10-13-22(26-15-18)30-20-5-2-1-3-6-20/h8-13,15,20-21H,1-7,14,16H2. The number of pyridine rings is 1. The Balaban J connectivity index is 1.25. The summed E-state index contributed by atoms with van der Waals surface area (Å²) in [4.78, 5) is 11.4. The zero-order valence-electron chi connectivity index (χ0n) is 17.5. The highest BCUT2D eigenvalue weighted by Gasteiger charge is 2.31. The quantitative estimate of drug-likeness (QED) is 0.536. The molecule has 1 unspecified atom stereocenters. The van der Waals surface area contributed by atoms with Crippen LogP contribution in [0.4, 0.5) is 4.39 Å². The van der Waals surface area contributed by atoms with E-state index in [1.807, 2.05) is 24.3 Å². The molecule has 2 aromatic heterocycles.